The number of aliphatic hydroxyl groups is 1. The zero-order valence-electron chi connectivity index (χ0n) is 5.91. The van der Waals surface area contributed by atoms with Gasteiger partial charge in [-0.1, -0.05) is 4.49 Å². The number of carbonyl (C=O) groups is 1. The molecule has 12 heavy (non-hydrogen) atoms. The molecule has 7 heteroatoms. The van der Waals surface area contributed by atoms with Crippen molar-refractivity contribution in [2.75, 3.05) is 0 Å². The molecule has 4 N–H and O–H groups in total. The van der Waals surface area contributed by atoms with Crippen LogP contribution in [0.25, 0.3) is 0 Å². The Morgan fingerprint density at radius 3 is 2.83 bits per heavy atom. The predicted molar refractivity (Wildman–Crippen MR) is 40.5 cm³/mol. The summed E-state index contributed by atoms with van der Waals surface area (Å²) in [6.07, 6.45) is -1.29. The molecule has 1 heterocycles. The van der Waals surface area contributed by atoms with Crippen molar-refractivity contribution in [1.29, 1.82) is 0 Å². The molecule has 0 amide bonds. The van der Waals surface area contributed by atoms with Crippen LogP contribution in [-0.2, 0) is 4.79 Å². The first-order valence-electron chi connectivity index (χ1n) is 3.06. The van der Waals surface area contributed by atoms with Crippen LogP contribution in [-0.4, -0.2) is 31.8 Å². The highest BCUT2D eigenvalue weighted by Gasteiger charge is 2.25. The highest BCUT2D eigenvalue weighted by Crippen LogP contribution is 2.13. The summed E-state index contributed by atoms with van der Waals surface area (Å²) >= 11 is 1.03. The molecule has 0 spiro atoms. The molecule has 0 aromatic carbocycles. The summed E-state index contributed by atoms with van der Waals surface area (Å²) in [4.78, 5) is 10.3. The average molecular weight is 189 g/mol. The molecule has 0 aliphatic heterocycles. The van der Waals surface area contributed by atoms with Gasteiger partial charge in [0.05, 0.1) is 0 Å². The molecular formula is C5H7N3O3S. The molecule has 0 bridgehead atoms. The SMILES string of the molecule is NC(C(=O)O)C(O)c1csnn1. The van der Waals surface area contributed by atoms with Crippen molar-refractivity contribution in [2.24, 2.45) is 5.73 Å². The van der Waals surface area contributed by atoms with E-state index in [4.69, 9.17) is 10.8 Å². The van der Waals surface area contributed by atoms with Crippen LogP contribution in [0.3, 0.4) is 0 Å². The summed E-state index contributed by atoms with van der Waals surface area (Å²) in [6, 6.07) is -1.35. The van der Waals surface area contributed by atoms with E-state index in [0.717, 1.165) is 11.5 Å². The molecule has 1 rings (SSSR count). The van der Waals surface area contributed by atoms with Crippen LogP contribution in [0.15, 0.2) is 5.38 Å². The van der Waals surface area contributed by atoms with Gasteiger partial charge in [-0.2, -0.15) is 0 Å². The Morgan fingerprint density at radius 1 is 1.75 bits per heavy atom. The van der Waals surface area contributed by atoms with Gasteiger partial charge in [0.25, 0.3) is 0 Å². The van der Waals surface area contributed by atoms with Gasteiger partial charge < -0.3 is 15.9 Å². The Morgan fingerprint density at radius 2 is 2.42 bits per heavy atom. The third-order valence-electron chi connectivity index (χ3n) is 1.31. The maximum absolute atomic E-state index is 10.3. The molecule has 0 saturated carbocycles. The molecule has 1 aromatic heterocycles. The van der Waals surface area contributed by atoms with Gasteiger partial charge in [-0.05, 0) is 11.5 Å². The lowest BCUT2D eigenvalue weighted by Crippen LogP contribution is -2.36. The fourth-order valence-corrected chi connectivity index (χ4v) is 1.10. The quantitative estimate of drug-likeness (QED) is 0.561. The van der Waals surface area contributed by atoms with Crippen LogP contribution in [0, 0.1) is 0 Å². The van der Waals surface area contributed by atoms with E-state index < -0.39 is 18.1 Å². The molecular weight excluding hydrogens is 182 g/mol. The highest BCUT2D eigenvalue weighted by atomic mass is 32.1. The summed E-state index contributed by atoms with van der Waals surface area (Å²) in [5.41, 5.74) is 5.33. The van der Waals surface area contributed by atoms with Crippen molar-refractivity contribution < 1.29 is 15.0 Å². The Labute approximate surface area is 71.8 Å². The lowest BCUT2D eigenvalue weighted by molar-refractivity contribution is -0.141. The van der Waals surface area contributed by atoms with Gasteiger partial charge in [-0.25, -0.2) is 0 Å². The number of hydrogen-bond acceptors (Lipinski definition) is 6. The summed E-state index contributed by atoms with van der Waals surface area (Å²) < 4.78 is 3.47. The minimum Gasteiger partial charge on any atom is -0.480 e. The second-order valence-electron chi connectivity index (χ2n) is 2.14. The first kappa shape index (κ1) is 9.04. The van der Waals surface area contributed by atoms with E-state index in [-0.39, 0.29) is 5.69 Å². The lowest BCUT2D eigenvalue weighted by atomic mass is 10.1. The average Bonchev–Trinajstić information content (AvgIpc) is 2.53. The first-order chi connectivity index (χ1) is 5.63. The topological polar surface area (TPSA) is 109 Å². The van der Waals surface area contributed by atoms with E-state index in [9.17, 15) is 9.90 Å². The highest BCUT2D eigenvalue weighted by molar-refractivity contribution is 7.03. The number of nitrogens with two attached hydrogens (primary N) is 1. The van der Waals surface area contributed by atoms with E-state index in [1.165, 1.54) is 5.38 Å². The van der Waals surface area contributed by atoms with Crippen molar-refractivity contribution in [3.8, 4) is 0 Å². The van der Waals surface area contributed by atoms with Gasteiger partial charge in [0.2, 0.25) is 0 Å². The van der Waals surface area contributed by atoms with Crippen LogP contribution in [0.1, 0.15) is 11.8 Å². The van der Waals surface area contributed by atoms with E-state index in [1.54, 1.807) is 0 Å². The van der Waals surface area contributed by atoms with Crippen molar-refractivity contribution in [2.45, 2.75) is 12.1 Å². The number of rotatable bonds is 3. The molecule has 6 nitrogen and oxygen atoms in total. The van der Waals surface area contributed by atoms with Crippen LogP contribution in [0.4, 0.5) is 0 Å². The van der Waals surface area contributed by atoms with E-state index in [1.807, 2.05) is 0 Å². The minimum atomic E-state index is -1.35. The van der Waals surface area contributed by atoms with E-state index >= 15 is 0 Å². The Bertz CT molecular complexity index is 263. The predicted octanol–water partition coefficient (Wildman–Crippen LogP) is -1.02. The van der Waals surface area contributed by atoms with Crippen molar-refractivity contribution in [3.63, 3.8) is 0 Å². The fourth-order valence-electron chi connectivity index (χ4n) is 0.620. The largest absolute Gasteiger partial charge is 0.480 e. The van der Waals surface area contributed by atoms with Gasteiger partial charge in [-0.15, -0.1) is 5.10 Å². The van der Waals surface area contributed by atoms with Crippen molar-refractivity contribution in [1.82, 2.24) is 9.59 Å². The van der Waals surface area contributed by atoms with E-state index in [2.05, 4.69) is 9.59 Å². The summed E-state index contributed by atoms with van der Waals surface area (Å²) in [5, 5.41) is 22.6. The molecule has 0 radical (unpaired) electrons. The number of carboxylic acids is 1. The van der Waals surface area contributed by atoms with Crippen LogP contribution in [0.2, 0.25) is 0 Å². The molecule has 0 aliphatic rings. The number of hydrogen-bond donors (Lipinski definition) is 3. The van der Waals surface area contributed by atoms with Crippen LogP contribution >= 0.6 is 11.5 Å². The first-order valence-corrected chi connectivity index (χ1v) is 3.90. The maximum atomic E-state index is 10.3. The van der Waals surface area contributed by atoms with Gasteiger partial charge in [0.1, 0.15) is 17.8 Å². The van der Waals surface area contributed by atoms with E-state index in [0.29, 0.717) is 0 Å². The molecule has 66 valence electrons. The fraction of sp³-hybridized carbons (Fsp3) is 0.400. The second kappa shape index (κ2) is 3.57. The third kappa shape index (κ3) is 1.76. The summed E-state index contributed by atoms with van der Waals surface area (Å²) in [5.74, 6) is -1.27. The Balaban J connectivity index is 2.71. The number of carboxylic acid groups (broad SMARTS) is 1. The molecule has 0 fully saturated rings. The summed E-state index contributed by atoms with van der Waals surface area (Å²) in [7, 11) is 0. The molecule has 2 unspecified atom stereocenters. The van der Waals surface area contributed by atoms with Crippen LogP contribution in [0.5, 0.6) is 0 Å². The molecule has 0 aliphatic carbocycles. The van der Waals surface area contributed by atoms with Gasteiger partial charge >= 0.3 is 5.97 Å². The van der Waals surface area contributed by atoms with Crippen molar-refractivity contribution >= 4 is 17.5 Å². The van der Waals surface area contributed by atoms with Gasteiger partial charge in [0.15, 0.2) is 0 Å². The second-order valence-corrected chi connectivity index (χ2v) is 2.75. The number of aromatic nitrogens is 2. The molecule has 1 aromatic rings. The Kier molecular flexibility index (Phi) is 2.69. The summed E-state index contributed by atoms with van der Waals surface area (Å²) in [6.45, 7) is 0. The molecule has 0 saturated heterocycles. The van der Waals surface area contributed by atoms with Gasteiger partial charge in [-0.3, -0.25) is 4.79 Å². The smallest absolute Gasteiger partial charge is 0.323 e. The van der Waals surface area contributed by atoms with Crippen molar-refractivity contribution in [3.05, 3.63) is 11.1 Å². The standard InChI is InChI=1S/C5H7N3O3S/c6-3(5(10)11)4(9)2-1-12-8-7-2/h1,3-4,9H,6H2,(H,10,11). The lowest BCUT2D eigenvalue weighted by Gasteiger charge is -2.10. The third-order valence-corrected chi connectivity index (χ3v) is 1.83. The molecule has 2 atom stereocenters. The minimum absolute atomic E-state index is 0.190. The normalized spacial score (nSPS) is 15.5. The zero-order chi connectivity index (χ0) is 9.14. The Hall–Kier alpha value is -1.05. The number of aliphatic carboxylic acids is 1. The number of aliphatic hydroxyl groups excluding tert-OH is 1. The maximum Gasteiger partial charge on any atom is 0.323 e. The van der Waals surface area contributed by atoms with Gasteiger partial charge in [0, 0.05) is 5.38 Å². The number of nitrogens with zero attached hydrogens (tertiary/aromatic N) is 2. The monoisotopic (exact) mass is 189 g/mol. The zero-order valence-corrected chi connectivity index (χ0v) is 6.73. The van der Waals surface area contributed by atoms with Crippen LogP contribution < -0.4 is 5.73 Å².